The Morgan fingerprint density at radius 2 is 2.06 bits per heavy atom. The van der Waals surface area contributed by atoms with Crippen molar-refractivity contribution in [1.29, 1.82) is 0 Å². The lowest BCUT2D eigenvalue weighted by Gasteiger charge is -2.35. The first kappa shape index (κ1) is 11.4. The third kappa shape index (κ3) is 2.93. The molecule has 0 aliphatic carbocycles. The van der Waals surface area contributed by atoms with E-state index in [1.165, 1.54) is 0 Å². The number of piperazine rings is 1. The second kappa shape index (κ2) is 5.27. The first-order valence-corrected chi connectivity index (χ1v) is 5.65. The number of β-amino-alcohol motifs (C(OH)–C–C–N with tert-alkyl or cyclic N) is 1. The van der Waals surface area contributed by atoms with Gasteiger partial charge < -0.3 is 10.0 Å². The van der Waals surface area contributed by atoms with Crippen molar-refractivity contribution >= 4 is 5.82 Å². The predicted molar refractivity (Wildman–Crippen MR) is 64.3 cm³/mol. The molecule has 1 unspecified atom stereocenters. The molecule has 1 aliphatic rings. The van der Waals surface area contributed by atoms with Crippen LogP contribution in [0.2, 0.25) is 0 Å². The number of aliphatic hydroxyl groups is 1. The van der Waals surface area contributed by atoms with Crippen LogP contribution in [0.3, 0.4) is 0 Å². The molecule has 0 saturated carbocycles. The fourth-order valence-corrected chi connectivity index (χ4v) is 2.00. The molecule has 1 aromatic rings. The minimum absolute atomic E-state index is 0.485. The van der Waals surface area contributed by atoms with E-state index in [4.69, 9.17) is 0 Å². The average molecular weight is 220 g/mol. The first-order chi connectivity index (χ1) is 7.75. The van der Waals surface area contributed by atoms with Crippen molar-refractivity contribution in [3.8, 4) is 0 Å². The van der Waals surface area contributed by atoms with Crippen LogP contribution in [0, 0.1) is 6.92 Å². The van der Waals surface area contributed by atoms with E-state index in [1.54, 1.807) is 0 Å². The molecule has 2 rings (SSSR count). The van der Waals surface area contributed by atoms with Crippen molar-refractivity contribution in [3.05, 3.63) is 31.3 Å². The molecular formula is C12H18N3O. The molecule has 1 atom stereocenters. The highest BCUT2D eigenvalue weighted by Crippen LogP contribution is 2.12. The summed E-state index contributed by atoms with van der Waals surface area (Å²) in [4.78, 5) is 8.84. The van der Waals surface area contributed by atoms with Crippen LogP contribution in [-0.2, 0) is 0 Å². The summed E-state index contributed by atoms with van der Waals surface area (Å²) in [7, 11) is 0. The van der Waals surface area contributed by atoms with Gasteiger partial charge in [0.1, 0.15) is 5.82 Å². The van der Waals surface area contributed by atoms with Gasteiger partial charge in [0.05, 0.1) is 6.10 Å². The summed E-state index contributed by atoms with van der Waals surface area (Å²) in [5.74, 6) is 1.04. The van der Waals surface area contributed by atoms with Crippen LogP contribution >= 0.6 is 0 Å². The maximum Gasteiger partial charge on any atom is 0.128 e. The maximum atomic E-state index is 9.21. The van der Waals surface area contributed by atoms with Crippen molar-refractivity contribution in [2.75, 3.05) is 37.6 Å². The van der Waals surface area contributed by atoms with Gasteiger partial charge in [0.2, 0.25) is 0 Å². The van der Waals surface area contributed by atoms with Crippen LogP contribution in [0.5, 0.6) is 0 Å². The Labute approximate surface area is 96.5 Å². The molecule has 0 spiro atoms. The van der Waals surface area contributed by atoms with Gasteiger partial charge in [0, 0.05) is 38.9 Å². The lowest BCUT2D eigenvalue weighted by Crippen LogP contribution is -2.48. The van der Waals surface area contributed by atoms with Crippen molar-refractivity contribution in [3.63, 3.8) is 0 Å². The topological polar surface area (TPSA) is 39.6 Å². The first-order valence-electron chi connectivity index (χ1n) is 5.65. The van der Waals surface area contributed by atoms with Crippen LogP contribution in [0.25, 0.3) is 0 Å². The molecular weight excluding hydrogens is 202 g/mol. The van der Waals surface area contributed by atoms with Gasteiger partial charge in [-0.25, -0.2) is 4.98 Å². The van der Waals surface area contributed by atoms with E-state index in [0.717, 1.165) is 32.0 Å². The maximum absolute atomic E-state index is 9.21. The van der Waals surface area contributed by atoms with E-state index >= 15 is 0 Å². The summed E-state index contributed by atoms with van der Waals surface area (Å²) in [5, 5.41) is 9.21. The van der Waals surface area contributed by atoms with Crippen LogP contribution < -0.4 is 4.90 Å². The lowest BCUT2D eigenvalue weighted by atomic mass is 10.2. The molecule has 16 heavy (non-hydrogen) atoms. The molecule has 1 N–H and O–H groups in total. The van der Waals surface area contributed by atoms with Crippen LogP contribution in [-0.4, -0.2) is 53.8 Å². The minimum Gasteiger partial charge on any atom is -0.392 e. The van der Waals surface area contributed by atoms with Gasteiger partial charge in [-0.3, -0.25) is 4.90 Å². The minimum atomic E-state index is -0.485. The summed E-state index contributed by atoms with van der Waals surface area (Å²) in [6.07, 6.45) is 1.34. The summed E-state index contributed by atoms with van der Waals surface area (Å²) in [6, 6.07) is 5.97. The lowest BCUT2D eigenvalue weighted by molar-refractivity contribution is 0.140. The molecule has 1 radical (unpaired) electrons. The normalized spacial score (nSPS) is 19.8. The SMILES string of the molecule is [CH2]C(O)CN1CCN(c2ccccn2)CC1. The standard InChI is InChI=1S/C12H18N3O/c1-11(16)10-14-6-8-15(9-7-14)12-4-2-3-5-13-12/h2-5,11,16H,1,6-10H2. The second-order valence-electron chi connectivity index (χ2n) is 4.13. The van der Waals surface area contributed by atoms with Crippen LogP contribution in [0.4, 0.5) is 5.82 Å². The van der Waals surface area contributed by atoms with Gasteiger partial charge >= 0.3 is 0 Å². The van der Waals surface area contributed by atoms with E-state index in [-0.39, 0.29) is 0 Å². The smallest absolute Gasteiger partial charge is 0.128 e. The number of pyridine rings is 1. The van der Waals surface area contributed by atoms with Gasteiger partial charge in [-0.2, -0.15) is 0 Å². The molecule has 0 bridgehead atoms. The summed E-state index contributed by atoms with van der Waals surface area (Å²) < 4.78 is 0. The molecule has 87 valence electrons. The molecule has 1 aliphatic heterocycles. The van der Waals surface area contributed by atoms with Crippen LogP contribution in [0.1, 0.15) is 0 Å². The molecule has 1 saturated heterocycles. The number of nitrogens with zero attached hydrogens (tertiary/aromatic N) is 3. The summed E-state index contributed by atoms with van der Waals surface area (Å²) in [5.41, 5.74) is 0. The number of anilines is 1. The Bertz CT molecular complexity index is 307. The Balaban J connectivity index is 1.86. The fourth-order valence-electron chi connectivity index (χ4n) is 2.00. The molecule has 4 nitrogen and oxygen atoms in total. The summed E-state index contributed by atoms with van der Waals surface area (Å²) >= 11 is 0. The highest BCUT2D eigenvalue weighted by molar-refractivity contribution is 5.38. The zero-order valence-electron chi connectivity index (χ0n) is 9.42. The largest absolute Gasteiger partial charge is 0.392 e. The second-order valence-corrected chi connectivity index (χ2v) is 4.13. The fraction of sp³-hybridized carbons (Fsp3) is 0.500. The van der Waals surface area contributed by atoms with Crippen molar-refractivity contribution in [1.82, 2.24) is 9.88 Å². The Morgan fingerprint density at radius 3 is 2.62 bits per heavy atom. The van der Waals surface area contributed by atoms with Crippen molar-refractivity contribution in [2.45, 2.75) is 6.10 Å². The van der Waals surface area contributed by atoms with Crippen LogP contribution in [0.15, 0.2) is 24.4 Å². The number of hydrogen-bond donors (Lipinski definition) is 1. The third-order valence-electron chi connectivity index (χ3n) is 2.81. The Morgan fingerprint density at radius 1 is 1.31 bits per heavy atom. The number of hydrogen-bond acceptors (Lipinski definition) is 4. The van der Waals surface area contributed by atoms with E-state index in [0.29, 0.717) is 6.54 Å². The average Bonchev–Trinajstić information content (AvgIpc) is 2.30. The molecule has 1 fully saturated rings. The van der Waals surface area contributed by atoms with Gasteiger partial charge in [-0.15, -0.1) is 0 Å². The zero-order chi connectivity index (χ0) is 11.4. The molecule has 1 aromatic heterocycles. The predicted octanol–water partition coefficient (Wildman–Crippen LogP) is 0.399. The molecule has 0 amide bonds. The Hall–Kier alpha value is -1.13. The summed E-state index contributed by atoms with van der Waals surface area (Å²) in [6.45, 7) is 8.11. The monoisotopic (exact) mass is 220 g/mol. The number of aliphatic hydroxyl groups excluding tert-OH is 1. The van der Waals surface area contributed by atoms with Crippen molar-refractivity contribution < 1.29 is 5.11 Å². The molecule has 4 heteroatoms. The van der Waals surface area contributed by atoms with Gasteiger partial charge in [-0.05, 0) is 19.1 Å². The zero-order valence-corrected chi connectivity index (χ0v) is 9.42. The van der Waals surface area contributed by atoms with E-state index in [9.17, 15) is 5.11 Å². The van der Waals surface area contributed by atoms with Gasteiger partial charge in [0.25, 0.3) is 0 Å². The van der Waals surface area contributed by atoms with Crippen molar-refractivity contribution in [2.24, 2.45) is 0 Å². The van der Waals surface area contributed by atoms with Gasteiger partial charge in [0.15, 0.2) is 0 Å². The quantitative estimate of drug-likeness (QED) is 0.800. The van der Waals surface area contributed by atoms with Gasteiger partial charge in [-0.1, -0.05) is 6.07 Å². The van der Waals surface area contributed by atoms with E-state index in [2.05, 4.69) is 21.7 Å². The van der Waals surface area contributed by atoms with E-state index in [1.807, 2.05) is 24.4 Å². The highest BCUT2D eigenvalue weighted by Gasteiger charge is 2.18. The number of rotatable bonds is 3. The highest BCUT2D eigenvalue weighted by atomic mass is 16.3. The third-order valence-corrected chi connectivity index (χ3v) is 2.81. The Kier molecular flexibility index (Phi) is 3.74. The molecule has 2 heterocycles. The number of aromatic nitrogens is 1. The molecule has 0 aromatic carbocycles. The van der Waals surface area contributed by atoms with E-state index < -0.39 is 6.10 Å².